The highest BCUT2D eigenvalue weighted by molar-refractivity contribution is 6.32. The molecule has 0 atom stereocenters. The molecule has 2 rings (SSSR count). The molecule has 1 nitrogen and oxygen atoms in total. The smallest absolute Gasteiger partial charge is 0.0441 e. The summed E-state index contributed by atoms with van der Waals surface area (Å²) in [4.78, 5) is 0. The number of hydrogen-bond donors (Lipinski definition) is 1. The van der Waals surface area contributed by atoms with Crippen LogP contribution in [0.5, 0.6) is 0 Å². The van der Waals surface area contributed by atoms with Crippen LogP contribution < -0.4 is 5.32 Å². The molecule has 0 spiro atoms. The van der Waals surface area contributed by atoms with E-state index in [2.05, 4.69) is 11.4 Å². The second-order valence-electron chi connectivity index (χ2n) is 4.30. The van der Waals surface area contributed by atoms with Gasteiger partial charge in [0.05, 0.1) is 0 Å². The fourth-order valence-electron chi connectivity index (χ4n) is 1.92. The molecule has 0 saturated heterocycles. The summed E-state index contributed by atoms with van der Waals surface area (Å²) in [5.74, 6) is 0. The third-order valence-corrected chi connectivity index (χ3v) is 3.56. The molecular weight excluding hydrogens is 265 g/mol. The molecule has 18 heavy (non-hydrogen) atoms. The van der Waals surface area contributed by atoms with E-state index in [9.17, 15) is 0 Å². The number of aryl methyl sites for hydroxylation is 1. The van der Waals surface area contributed by atoms with Gasteiger partial charge in [-0.15, -0.1) is 0 Å². The highest BCUT2D eigenvalue weighted by atomic mass is 35.5. The maximum absolute atomic E-state index is 6.18. The molecule has 0 amide bonds. The summed E-state index contributed by atoms with van der Waals surface area (Å²) in [5.41, 5.74) is 4.51. The van der Waals surface area contributed by atoms with Crippen molar-refractivity contribution in [3.05, 3.63) is 57.6 Å². The van der Waals surface area contributed by atoms with Gasteiger partial charge < -0.3 is 5.32 Å². The Kier molecular flexibility index (Phi) is 4.28. The van der Waals surface area contributed by atoms with Crippen LogP contribution in [0.4, 0.5) is 0 Å². The van der Waals surface area contributed by atoms with Gasteiger partial charge in [-0.3, -0.25) is 0 Å². The third kappa shape index (κ3) is 2.86. The average molecular weight is 280 g/mol. The molecule has 0 radical (unpaired) electrons. The number of halogens is 2. The molecule has 0 aliphatic rings. The van der Waals surface area contributed by atoms with E-state index in [1.807, 2.05) is 44.3 Å². The Morgan fingerprint density at radius 2 is 1.83 bits per heavy atom. The van der Waals surface area contributed by atoms with E-state index in [0.717, 1.165) is 33.3 Å². The summed E-state index contributed by atoms with van der Waals surface area (Å²) in [6.45, 7) is 2.80. The Morgan fingerprint density at radius 3 is 2.50 bits per heavy atom. The van der Waals surface area contributed by atoms with E-state index < -0.39 is 0 Å². The molecule has 94 valence electrons. The summed E-state index contributed by atoms with van der Waals surface area (Å²) in [7, 11) is 1.93. The zero-order valence-corrected chi connectivity index (χ0v) is 11.9. The molecule has 1 N–H and O–H groups in total. The maximum Gasteiger partial charge on any atom is 0.0441 e. The summed E-state index contributed by atoms with van der Waals surface area (Å²) in [6.07, 6.45) is 0. The Hall–Kier alpha value is -1.02. The van der Waals surface area contributed by atoms with Gasteiger partial charge in [-0.05, 0) is 54.4 Å². The van der Waals surface area contributed by atoms with Crippen LogP contribution >= 0.6 is 23.2 Å². The zero-order valence-electron chi connectivity index (χ0n) is 10.4. The van der Waals surface area contributed by atoms with E-state index >= 15 is 0 Å². The molecule has 0 aliphatic carbocycles. The van der Waals surface area contributed by atoms with Gasteiger partial charge in [-0.25, -0.2) is 0 Å². The fourth-order valence-corrected chi connectivity index (χ4v) is 2.28. The first-order valence-electron chi connectivity index (χ1n) is 5.81. The lowest BCUT2D eigenvalue weighted by molar-refractivity contribution is 0.819. The fraction of sp³-hybridized carbons (Fsp3) is 0.200. The molecule has 0 unspecified atom stereocenters. The zero-order chi connectivity index (χ0) is 13.1. The largest absolute Gasteiger partial charge is 0.316 e. The quantitative estimate of drug-likeness (QED) is 0.860. The lowest BCUT2D eigenvalue weighted by atomic mass is 9.99. The first-order chi connectivity index (χ1) is 8.61. The van der Waals surface area contributed by atoms with Crippen LogP contribution in [0.15, 0.2) is 36.4 Å². The summed E-state index contributed by atoms with van der Waals surface area (Å²) >= 11 is 12.3. The molecule has 0 saturated carbocycles. The second kappa shape index (κ2) is 5.75. The first-order valence-corrected chi connectivity index (χ1v) is 6.57. The number of rotatable bonds is 3. The van der Waals surface area contributed by atoms with Gasteiger partial charge in [-0.2, -0.15) is 0 Å². The number of hydrogen-bond acceptors (Lipinski definition) is 1. The Labute approximate surface area is 118 Å². The highest BCUT2D eigenvalue weighted by Crippen LogP contribution is 2.30. The van der Waals surface area contributed by atoms with Gasteiger partial charge in [0.1, 0.15) is 0 Å². The SMILES string of the molecule is CNCc1ccc(Cl)cc1-c1ccc(C)c(Cl)c1. The van der Waals surface area contributed by atoms with Crippen molar-refractivity contribution in [2.24, 2.45) is 0 Å². The van der Waals surface area contributed by atoms with Crippen LogP contribution in [-0.2, 0) is 6.54 Å². The maximum atomic E-state index is 6.18. The van der Waals surface area contributed by atoms with Crippen LogP contribution in [-0.4, -0.2) is 7.05 Å². The van der Waals surface area contributed by atoms with Gasteiger partial charge in [-0.1, -0.05) is 41.4 Å². The number of benzene rings is 2. The van der Waals surface area contributed by atoms with Crippen LogP contribution in [0.25, 0.3) is 11.1 Å². The molecule has 0 bridgehead atoms. The number of nitrogens with one attached hydrogen (secondary N) is 1. The van der Waals surface area contributed by atoms with Crippen LogP contribution in [0.3, 0.4) is 0 Å². The lowest BCUT2D eigenvalue weighted by Crippen LogP contribution is -2.06. The standard InChI is InChI=1S/C15H15Cl2N/c1-10-3-4-11(7-15(10)17)14-8-13(16)6-5-12(14)9-18-2/h3-8,18H,9H2,1-2H3. The van der Waals surface area contributed by atoms with E-state index in [0.29, 0.717) is 0 Å². The van der Waals surface area contributed by atoms with Crippen molar-refractivity contribution < 1.29 is 0 Å². The molecule has 0 fully saturated rings. The van der Waals surface area contributed by atoms with Crippen molar-refractivity contribution in [3.63, 3.8) is 0 Å². The average Bonchev–Trinajstić information content (AvgIpc) is 2.35. The van der Waals surface area contributed by atoms with Crippen molar-refractivity contribution in [3.8, 4) is 11.1 Å². The predicted molar refractivity (Wildman–Crippen MR) is 79.4 cm³/mol. The van der Waals surface area contributed by atoms with E-state index in [-0.39, 0.29) is 0 Å². The van der Waals surface area contributed by atoms with Crippen molar-refractivity contribution in [2.75, 3.05) is 7.05 Å². The van der Waals surface area contributed by atoms with Gasteiger partial charge in [0, 0.05) is 16.6 Å². The van der Waals surface area contributed by atoms with Gasteiger partial charge >= 0.3 is 0 Å². The van der Waals surface area contributed by atoms with E-state index in [1.54, 1.807) is 0 Å². The minimum absolute atomic E-state index is 0.738. The highest BCUT2D eigenvalue weighted by Gasteiger charge is 2.07. The summed E-state index contributed by atoms with van der Waals surface area (Å²) < 4.78 is 0. The summed E-state index contributed by atoms with van der Waals surface area (Å²) in [5, 5.41) is 4.68. The Bertz CT molecular complexity index is 564. The Balaban J connectivity index is 2.54. The molecule has 2 aromatic carbocycles. The first kappa shape index (κ1) is 13.4. The topological polar surface area (TPSA) is 12.0 Å². The van der Waals surface area contributed by atoms with Crippen molar-refractivity contribution >= 4 is 23.2 Å². The Morgan fingerprint density at radius 1 is 1.06 bits per heavy atom. The molecule has 2 aromatic rings. The minimum atomic E-state index is 0.738. The summed E-state index contributed by atoms with van der Waals surface area (Å²) in [6, 6.07) is 12.0. The lowest BCUT2D eigenvalue weighted by Gasteiger charge is -2.11. The minimum Gasteiger partial charge on any atom is -0.316 e. The molecular formula is C15H15Cl2N. The molecule has 3 heteroatoms. The van der Waals surface area contributed by atoms with Crippen LogP contribution in [0.1, 0.15) is 11.1 Å². The third-order valence-electron chi connectivity index (χ3n) is 2.92. The van der Waals surface area contributed by atoms with E-state index in [4.69, 9.17) is 23.2 Å². The molecule has 0 aliphatic heterocycles. The predicted octanol–water partition coefficient (Wildman–Crippen LogP) is 4.69. The molecule has 0 heterocycles. The van der Waals surface area contributed by atoms with Crippen LogP contribution in [0.2, 0.25) is 10.0 Å². The second-order valence-corrected chi connectivity index (χ2v) is 5.14. The van der Waals surface area contributed by atoms with Gasteiger partial charge in [0.2, 0.25) is 0 Å². The van der Waals surface area contributed by atoms with E-state index in [1.165, 1.54) is 5.56 Å². The van der Waals surface area contributed by atoms with Gasteiger partial charge in [0.25, 0.3) is 0 Å². The monoisotopic (exact) mass is 279 g/mol. The van der Waals surface area contributed by atoms with Crippen LogP contribution in [0, 0.1) is 6.92 Å². The van der Waals surface area contributed by atoms with Gasteiger partial charge in [0.15, 0.2) is 0 Å². The molecule has 0 aromatic heterocycles. The van der Waals surface area contributed by atoms with Crippen molar-refractivity contribution in [1.82, 2.24) is 5.32 Å². The van der Waals surface area contributed by atoms with Crippen molar-refractivity contribution in [2.45, 2.75) is 13.5 Å². The normalized spacial score (nSPS) is 10.7. The van der Waals surface area contributed by atoms with Crippen molar-refractivity contribution in [1.29, 1.82) is 0 Å².